The Balaban J connectivity index is 1.87. The average Bonchev–Trinajstić information content (AvgIpc) is 2.43. The van der Waals surface area contributed by atoms with Gasteiger partial charge in [-0.05, 0) is 24.4 Å². The number of rotatable bonds is 2. The Kier molecular flexibility index (Phi) is 3.93. The Labute approximate surface area is 130 Å². The first-order chi connectivity index (χ1) is 10.0. The van der Waals surface area contributed by atoms with Crippen LogP contribution in [0.2, 0.25) is 5.02 Å². The summed E-state index contributed by atoms with van der Waals surface area (Å²) in [7, 11) is 0. The molecule has 2 N–H and O–H groups in total. The number of H-pyrrole nitrogens is 2. The summed E-state index contributed by atoms with van der Waals surface area (Å²) in [6, 6.07) is 4.64. The van der Waals surface area contributed by atoms with Crippen molar-refractivity contribution in [3.63, 3.8) is 0 Å². The molecule has 4 nitrogen and oxygen atoms in total. The topological polar surface area (TPSA) is 51.9 Å². The van der Waals surface area contributed by atoms with E-state index in [0.717, 1.165) is 5.69 Å². The lowest BCUT2D eigenvalue weighted by Crippen LogP contribution is -2.35. The maximum Gasteiger partial charge on any atom is 0.256 e. The smallest absolute Gasteiger partial charge is 0.256 e. The Hall–Kier alpha value is -1.50. The van der Waals surface area contributed by atoms with Gasteiger partial charge >= 0.3 is 0 Å². The highest BCUT2D eigenvalue weighted by Gasteiger charge is 2.21. The number of hydrogen-bond acceptors (Lipinski definition) is 3. The van der Waals surface area contributed by atoms with Crippen molar-refractivity contribution in [2.24, 2.45) is 0 Å². The third-order valence-corrected chi connectivity index (χ3v) is 4.19. The number of aromatic nitrogens is 2. The van der Waals surface area contributed by atoms with E-state index < -0.39 is 0 Å². The fourth-order valence-electron chi connectivity index (χ4n) is 2.55. The minimum Gasteiger partial charge on any atom is -0.335 e. The van der Waals surface area contributed by atoms with Crippen molar-refractivity contribution in [3.8, 4) is 0 Å². The quantitative estimate of drug-likeness (QED) is 0.835. The van der Waals surface area contributed by atoms with Gasteiger partial charge in [0, 0.05) is 42.3 Å². The van der Waals surface area contributed by atoms with Crippen LogP contribution in [0, 0.1) is 10.6 Å². The van der Waals surface area contributed by atoms with Crippen LogP contribution in [0.3, 0.4) is 0 Å². The molecule has 0 atom stereocenters. The standard InChI is InChI=1S/C14H13ClFN3OS/c15-10-2-1-3-11(16)8(10)6-19-5-4-12-9(7-19)13(20)18-14(21)17-12/h1-3H,4-7H2,(H2,17,18,20,21). The van der Waals surface area contributed by atoms with Crippen molar-refractivity contribution in [2.45, 2.75) is 19.5 Å². The predicted molar refractivity (Wildman–Crippen MR) is 81.5 cm³/mol. The van der Waals surface area contributed by atoms with E-state index in [1.807, 2.05) is 4.90 Å². The zero-order valence-corrected chi connectivity index (χ0v) is 12.7. The number of halogens is 2. The second kappa shape index (κ2) is 5.71. The molecule has 1 aliphatic rings. The van der Waals surface area contributed by atoms with Gasteiger partial charge in [0.2, 0.25) is 0 Å². The highest BCUT2D eigenvalue weighted by atomic mass is 35.5. The lowest BCUT2D eigenvalue weighted by Gasteiger charge is -2.28. The van der Waals surface area contributed by atoms with Crippen LogP contribution in [0.25, 0.3) is 0 Å². The molecule has 1 aromatic heterocycles. The Morgan fingerprint density at radius 2 is 2.19 bits per heavy atom. The highest BCUT2D eigenvalue weighted by molar-refractivity contribution is 7.71. The molecular formula is C14H13ClFN3OS. The fourth-order valence-corrected chi connectivity index (χ4v) is 2.99. The van der Waals surface area contributed by atoms with Crippen LogP contribution in [0.4, 0.5) is 4.39 Å². The van der Waals surface area contributed by atoms with E-state index in [2.05, 4.69) is 9.97 Å². The molecule has 2 heterocycles. The van der Waals surface area contributed by atoms with Crippen molar-refractivity contribution in [2.75, 3.05) is 6.54 Å². The molecule has 0 unspecified atom stereocenters. The van der Waals surface area contributed by atoms with Gasteiger partial charge in [0.15, 0.2) is 4.77 Å². The predicted octanol–water partition coefficient (Wildman–Crippen LogP) is 2.78. The Bertz CT molecular complexity index is 781. The largest absolute Gasteiger partial charge is 0.335 e. The van der Waals surface area contributed by atoms with Gasteiger partial charge < -0.3 is 4.98 Å². The lowest BCUT2D eigenvalue weighted by molar-refractivity contribution is 0.238. The summed E-state index contributed by atoms with van der Waals surface area (Å²) < 4.78 is 14.2. The molecule has 7 heteroatoms. The summed E-state index contributed by atoms with van der Waals surface area (Å²) in [6.07, 6.45) is 0.676. The Morgan fingerprint density at radius 1 is 1.38 bits per heavy atom. The molecule has 0 aliphatic carbocycles. The van der Waals surface area contributed by atoms with E-state index in [9.17, 15) is 9.18 Å². The van der Waals surface area contributed by atoms with Crippen molar-refractivity contribution in [1.82, 2.24) is 14.9 Å². The van der Waals surface area contributed by atoms with Gasteiger partial charge in [0.1, 0.15) is 5.82 Å². The third kappa shape index (κ3) is 2.92. The van der Waals surface area contributed by atoms with Gasteiger partial charge in [-0.3, -0.25) is 14.7 Å². The van der Waals surface area contributed by atoms with Crippen molar-refractivity contribution >= 4 is 23.8 Å². The molecule has 0 amide bonds. The molecule has 1 aliphatic heterocycles. The molecule has 0 saturated carbocycles. The van der Waals surface area contributed by atoms with E-state index in [1.54, 1.807) is 12.1 Å². The second-order valence-corrected chi connectivity index (χ2v) is 5.84. The van der Waals surface area contributed by atoms with Crippen LogP contribution >= 0.6 is 23.8 Å². The number of hydrogen-bond donors (Lipinski definition) is 2. The van der Waals surface area contributed by atoms with Gasteiger partial charge in [-0.15, -0.1) is 0 Å². The van der Waals surface area contributed by atoms with E-state index in [1.165, 1.54) is 6.07 Å². The molecular weight excluding hydrogens is 313 g/mol. The summed E-state index contributed by atoms with van der Waals surface area (Å²) in [5.41, 5.74) is 1.79. The molecule has 3 rings (SSSR count). The number of aromatic amines is 2. The third-order valence-electron chi connectivity index (χ3n) is 3.63. The van der Waals surface area contributed by atoms with Crippen molar-refractivity contribution in [3.05, 3.63) is 61.0 Å². The van der Waals surface area contributed by atoms with Gasteiger partial charge in [0.05, 0.1) is 5.56 Å². The number of benzene rings is 1. The monoisotopic (exact) mass is 325 g/mol. The molecule has 21 heavy (non-hydrogen) atoms. The summed E-state index contributed by atoms with van der Waals surface area (Å²) in [5, 5.41) is 0.405. The van der Waals surface area contributed by atoms with Gasteiger partial charge in [-0.25, -0.2) is 4.39 Å². The van der Waals surface area contributed by atoms with Crippen LogP contribution in [-0.2, 0) is 19.5 Å². The minimum atomic E-state index is -0.324. The number of nitrogens with one attached hydrogen (secondary N) is 2. The summed E-state index contributed by atoms with van der Waals surface area (Å²) >= 11 is 11.0. The summed E-state index contributed by atoms with van der Waals surface area (Å²) in [6.45, 7) is 1.54. The molecule has 110 valence electrons. The van der Waals surface area contributed by atoms with Crippen molar-refractivity contribution in [1.29, 1.82) is 0 Å². The van der Waals surface area contributed by atoms with Crippen LogP contribution in [-0.4, -0.2) is 21.4 Å². The van der Waals surface area contributed by atoms with Gasteiger partial charge in [0.25, 0.3) is 5.56 Å². The van der Waals surface area contributed by atoms with E-state index in [4.69, 9.17) is 23.8 Å². The van der Waals surface area contributed by atoms with Crippen LogP contribution in [0.15, 0.2) is 23.0 Å². The van der Waals surface area contributed by atoms with Gasteiger partial charge in [-0.1, -0.05) is 17.7 Å². The molecule has 0 bridgehead atoms. The maximum atomic E-state index is 13.8. The van der Waals surface area contributed by atoms with Crippen LogP contribution in [0.5, 0.6) is 0 Å². The zero-order chi connectivity index (χ0) is 15.0. The number of fused-ring (bicyclic) bond motifs is 1. The molecule has 0 fully saturated rings. The summed E-state index contributed by atoms with van der Waals surface area (Å²) in [4.78, 5) is 19.5. The Morgan fingerprint density at radius 3 is 2.95 bits per heavy atom. The molecule has 0 radical (unpaired) electrons. The fraction of sp³-hybridized carbons (Fsp3) is 0.286. The summed E-state index contributed by atoms with van der Waals surface area (Å²) in [5.74, 6) is -0.324. The molecule has 0 saturated heterocycles. The van der Waals surface area contributed by atoms with E-state index in [0.29, 0.717) is 47.0 Å². The highest BCUT2D eigenvalue weighted by Crippen LogP contribution is 2.23. The van der Waals surface area contributed by atoms with E-state index >= 15 is 0 Å². The van der Waals surface area contributed by atoms with Crippen LogP contribution < -0.4 is 5.56 Å². The average molecular weight is 326 g/mol. The first-order valence-corrected chi connectivity index (χ1v) is 7.33. The minimum absolute atomic E-state index is 0.182. The van der Waals surface area contributed by atoms with Gasteiger partial charge in [-0.2, -0.15) is 0 Å². The lowest BCUT2D eigenvalue weighted by atomic mass is 10.1. The van der Waals surface area contributed by atoms with Crippen LogP contribution in [0.1, 0.15) is 16.8 Å². The van der Waals surface area contributed by atoms with E-state index in [-0.39, 0.29) is 11.4 Å². The normalized spacial score (nSPS) is 15.0. The molecule has 0 spiro atoms. The number of nitrogens with zero attached hydrogens (tertiary/aromatic N) is 1. The van der Waals surface area contributed by atoms with Crippen molar-refractivity contribution < 1.29 is 4.39 Å². The molecule has 1 aromatic carbocycles. The maximum absolute atomic E-state index is 13.8. The SMILES string of the molecule is O=c1[nH]c(=S)[nH]c2c1CN(Cc1c(F)cccc1Cl)CC2. The first-order valence-electron chi connectivity index (χ1n) is 6.54. The molecule has 2 aromatic rings. The zero-order valence-electron chi connectivity index (χ0n) is 11.1. The first kappa shape index (κ1) is 14.4. The second-order valence-electron chi connectivity index (χ2n) is 5.03.